The molecule has 0 heterocycles. The Morgan fingerprint density at radius 2 is 0.625 bits per heavy atom. The van der Waals surface area contributed by atoms with Gasteiger partial charge < -0.3 is 0 Å². The van der Waals surface area contributed by atoms with E-state index in [9.17, 15) is 0 Å². The van der Waals surface area contributed by atoms with E-state index in [0.717, 1.165) is 0 Å². The van der Waals surface area contributed by atoms with Gasteiger partial charge in [-0.1, -0.05) is 0 Å². The fraction of sp³-hybridized carbons (Fsp3) is 0. The molecule has 0 saturated heterocycles. The number of hydrogen-bond acceptors (Lipinski definition) is 0. The second-order valence-corrected chi connectivity index (χ2v) is 21.9. The first-order valence-electron chi connectivity index (χ1n) is 15.8. The van der Waals surface area contributed by atoms with Gasteiger partial charge in [-0.25, -0.2) is 0 Å². The van der Waals surface area contributed by atoms with E-state index in [1.165, 1.54) is 46.6 Å². The van der Waals surface area contributed by atoms with Crippen molar-refractivity contribution in [1.82, 2.24) is 0 Å². The van der Waals surface area contributed by atoms with Crippen LogP contribution in [0.2, 0.25) is 0 Å². The van der Waals surface area contributed by atoms with Gasteiger partial charge in [0.2, 0.25) is 0 Å². The minimum absolute atomic E-state index is 0.348. The molecular formula is C44H32Se2Te2. The van der Waals surface area contributed by atoms with Crippen molar-refractivity contribution in [3.05, 3.63) is 194 Å². The van der Waals surface area contributed by atoms with E-state index in [1.54, 1.807) is 7.22 Å². The zero-order valence-electron chi connectivity index (χ0n) is 26.1. The van der Waals surface area contributed by atoms with Crippen molar-refractivity contribution in [1.29, 1.82) is 0 Å². The van der Waals surface area contributed by atoms with Crippen molar-refractivity contribution in [2.24, 2.45) is 0 Å². The van der Waals surface area contributed by atoms with Gasteiger partial charge in [-0.15, -0.1) is 0 Å². The second kappa shape index (κ2) is 17.0. The van der Waals surface area contributed by atoms with E-state index >= 15 is 0 Å². The zero-order chi connectivity index (χ0) is 32.4. The van der Waals surface area contributed by atoms with Gasteiger partial charge >= 0.3 is 320 Å². The Morgan fingerprint density at radius 3 is 1.00 bits per heavy atom. The predicted octanol–water partition coefficient (Wildman–Crippen LogP) is 4.30. The molecule has 232 valence electrons. The number of rotatable bonds is 8. The summed E-state index contributed by atoms with van der Waals surface area (Å²) < 4.78 is 12.0. The summed E-state index contributed by atoms with van der Waals surface area (Å²) in [5, 5.41) is 5.75. The average Bonchev–Trinajstić information content (AvgIpc) is 3.14. The molecule has 0 bridgehead atoms. The SMILES string of the molecule is c1ccc([Se]c2cccc3cccc([Te]c4ccccc4)c23)cc1.c1ccc([Se]c2cccc3cccc([Te]c4ccccc4)c23)cc1. The fourth-order valence-corrected chi connectivity index (χ4v) is 16.4. The average molecular weight is 974 g/mol. The standard InChI is InChI=1S/2C22H16SeTe/c2*1-3-11-18(12-4-1)23-20-15-7-9-17-10-8-16-21(22(17)20)24-19-13-5-2-6-14-19/h2*1-16H. The molecule has 0 amide bonds. The van der Waals surface area contributed by atoms with Gasteiger partial charge in [0, 0.05) is 0 Å². The molecule has 0 spiro atoms. The second-order valence-electron chi connectivity index (χ2n) is 10.9. The molecule has 0 fully saturated rings. The molecular weight excluding hydrogens is 942 g/mol. The maximum atomic E-state index is 2.34. The summed E-state index contributed by atoms with van der Waals surface area (Å²) in [5.41, 5.74) is 0. The maximum absolute atomic E-state index is 2.34. The van der Waals surface area contributed by atoms with Crippen molar-refractivity contribution < 1.29 is 0 Å². The Hall–Kier alpha value is -3.10. The summed E-state index contributed by atoms with van der Waals surface area (Å²) in [5.74, 6) is 0. The van der Waals surface area contributed by atoms with Crippen LogP contribution in [0.3, 0.4) is 0 Å². The Kier molecular flexibility index (Phi) is 11.8. The Morgan fingerprint density at radius 1 is 0.292 bits per heavy atom. The minimum atomic E-state index is -0.364. The van der Waals surface area contributed by atoms with E-state index in [2.05, 4.69) is 194 Å². The van der Waals surface area contributed by atoms with Crippen LogP contribution in [0.25, 0.3) is 21.5 Å². The van der Waals surface area contributed by atoms with Crippen molar-refractivity contribution in [2.45, 2.75) is 0 Å². The summed E-state index contributed by atoms with van der Waals surface area (Å²) in [4.78, 5) is 0. The Balaban J connectivity index is 0.000000152. The quantitative estimate of drug-likeness (QED) is 0.200. The summed E-state index contributed by atoms with van der Waals surface area (Å²) in [6, 6.07) is 70.8. The predicted molar refractivity (Wildman–Crippen MR) is 214 cm³/mol. The van der Waals surface area contributed by atoms with E-state index < -0.39 is 0 Å². The van der Waals surface area contributed by atoms with Crippen molar-refractivity contribution in [3.63, 3.8) is 0 Å². The molecule has 0 aliphatic rings. The molecule has 0 unspecified atom stereocenters. The molecule has 48 heavy (non-hydrogen) atoms. The first-order chi connectivity index (χ1) is 23.8. The molecule has 0 atom stereocenters. The van der Waals surface area contributed by atoms with E-state index in [4.69, 9.17) is 0 Å². The molecule has 4 heteroatoms. The summed E-state index contributed by atoms with van der Waals surface area (Å²) in [6.45, 7) is 0. The summed E-state index contributed by atoms with van der Waals surface area (Å²) >= 11 is -0.0329. The molecule has 8 aromatic rings. The van der Waals surface area contributed by atoms with Crippen LogP contribution >= 0.6 is 0 Å². The van der Waals surface area contributed by atoms with Crippen LogP contribution in [0.4, 0.5) is 0 Å². The van der Waals surface area contributed by atoms with Crippen LogP contribution in [-0.4, -0.2) is 71.8 Å². The van der Waals surface area contributed by atoms with Crippen LogP contribution in [-0.2, 0) is 0 Å². The zero-order valence-corrected chi connectivity index (χ0v) is 34.2. The number of hydrogen-bond donors (Lipinski definition) is 0. The molecule has 8 rings (SSSR count). The molecule has 0 nitrogen and oxygen atoms in total. The first-order valence-corrected chi connectivity index (χ1v) is 23.8. The molecule has 0 aliphatic carbocycles. The van der Waals surface area contributed by atoms with E-state index in [1.807, 2.05) is 0 Å². The van der Waals surface area contributed by atoms with Gasteiger partial charge in [0.25, 0.3) is 0 Å². The van der Waals surface area contributed by atoms with Gasteiger partial charge in [0.15, 0.2) is 0 Å². The van der Waals surface area contributed by atoms with E-state index in [0.29, 0.717) is 29.9 Å². The Bertz CT molecular complexity index is 1910. The van der Waals surface area contributed by atoms with Gasteiger partial charge in [0.1, 0.15) is 0 Å². The molecule has 0 aliphatic heterocycles. The van der Waals surface area contributed by atoms with Crippen LogP contribution in [0.5, 0.6) is 0 Å². The molecule has 0 saturated carbocycles. The van der Waals surface area contributed by atoms with Gasteiger partial charge in [-0.05, 0) is 0 Å². The van der Waals surface area contributed by atoms with Gasteiger partial charge in [0.05, 0.1) is 0 Å². The van der Waals surface area contributed by atoms with Crippen LogP contribution < -0.4 is 32.3 Å². The molecule has 0 N–H and O–H groups in total. The topological polar surface area (TPSA) is 0 Å². The molecule has 8 aromatic carbocycles. The van der Waals surface area contributed by atoms with Crippen LogP contribution in [0.15, 0.2) is 194 Å². The normalized spacial score (nSPS) is 10.8. The third kappa shape index (κ3) is 8.73. The Labute approximate surface area is 316 Å². The third-order valence-electron chi connectivity index (χ3n) is 7.54. The van der Waals surface area contributed by atoms with Crippen molar-refractivity contribution >= 4 is 126 Å². The van der Waals surface area contributed by atoms with Crippen LogP contribution in [0, 0.1) is 0 Å². The van der Waals surface area contributed by atoms with Gasteiger partial charge in [-0.3, -0.25) is 0 Å². The monoisotopic (exact) mass is 980 g/mol. The van der Waals surface area contributed by atoms with Crippen LogP contribution in [0.1, 0.15) is 0 Å². The molecule has 0 radical (unpaired) electrons. The number of fused-ring (bicyclic) bond motifs is 2. The van der Waals surface area contributed by atoms with Gasteiger partial charge in [-0.2, -0.15) is 0 Å². The van der Waals surface area contributed by atoms with Crippen molar-refractivity contribution in [3.8, 4) is 0 Å². The summed E-state index contributed by atoms with van der Waals surface area (Å²) in [7, 11) is 0. The third-order valence-corrected chi connectivity index (χ3v) is 18.1. The van der Waals surface area contributed by atoms with E-state index in [-0.39, 0.29) is 41.8 Å². The molecule has 0 aromatic heterocycles. The van der Waals surface area contributed by atoms with Crippen molar-refractivity contribution in [2.75, 3.05) is 0 Å². The first kappa shape index (κ1) is 33.4. The fourth-order valence-electron chi connectivity index (χ4n) is 5.35. The summed E-state index contributed by atoms with van der Waals surface area (Å²) in [6.07, 6.45) is 0. The number of benzene rings is 8.